The number of hydrogen-bond acceptors (Lipinski definition) is 3. The molecule has 0 bridgehead atoms. The maximum absolute atomic E-state index is 12.5. The molecule has 1 N–H and O–H groups in total. The van der Waals surface area contributed by atoms with E-state index in [9.17, 15) is 8.78 Å². The number of aliphatic imine (C=N–C) groups is 1. The molecule has 138 valence electrons. The minimum atomic E-state index is -2.88. The van der Waals surface area contributed by atoms with Gasteiger partial charge in [-0.15, -0.1) is 0 Å². The molecule has 2 fully saturated rings. The Balaban J connectivity index is 1.62. The predicted octanol–water partition coefficient (Wildman–Crippen LogP) is 3.25. The van der Waals surface area contributed by atoms with E-state index in [-0.39, 0.29) is 5.75 Å². The second-order valence-corrected chi connectivity index (χ2v) is 6.79. The Morgan fingerprint density at radius 2 is 2.12 bits per heavy atom. The number of ether oxygens (including phenoxy) is 2. The summed E-state index contributed by atoms with van der Waals surface area (Å²) in [6.45, 7) is -0.329. The molecule has 0 unspecified atom stereocenters. The van der Waals surface area contributed by atoms with E-state index in [1.807, 2.05) is 6.07 Å². The lowest BCUT2D eigenvalue weighted by Gasteiger charge is -2.38. The zero-order chi connectivity index (χ0) is 17.9. The van der Waals surface area contributed by atoms with E-state index in [4.69, 9.17) is 4.74 Å². The Labute approximate surface area is 147 Å². The molecule has 3 rings (SSSR count). The van der Waals surface area contributed by atoms with Crippen LogP contribution in [0.25, 0.3) is 0 Å². The second-order valence-electron chi connectivity index (χ2n) is 6.79. The van der Waals surface area contributed by atoms with Crippen LogP contribution in [-0.2, 0) is 6.54 Å². The number of methoxy groups -OCH3 is 1. The Hall–Kier alpha value is -2.05. The molecule has 0 aromatic heterocycles. The molecule has 1 spiro atoms. The van der Waals surface area contributed by atoms with Gasteiger partial charge in [-0.3, -0.25) is 4.99 Å². The molecular formula is C18H25F2N3O2. The van der Waals surface area contributed by atoms with Crippen molar-refractivity contribution in [1.82, 2.24) is 10.2 Å². The quantitative estimate of drug-likeness (QED) is 0.652. The molecule has 2 aliphatic rings. The van der Waals surface area contributed by atoms with Crippen LogP contribution < -0.4 is 14.8 Å². The molecule has 1 heterocycles. The topological polar surface area (TPSA) is 46.1 Å². The molecule has 0 radical (unpaired) electrons. The lowest BCUT2D eigenvalue weighted by molar-refractivity contribution is -0.0512. The van der Waals surface area contributed by atoms with Crippen LogP contribution in [0.2, 0.25) is 0 Å². The van der Waals surface area contributed by atoms with Crippen molar-refractivity contribution in [1.29, 1.82) is 0 Å². The molecule has 1 aromatic rings. The number of likely N-dealkylation sites (tertiary alicyclic amines) is 1. The zero-order valence-electron chi connectivity index (χ0n) is 14.7. The van der Waals surface area contributed by atoms with Gasteiger partial charge in [0.05, 0.1) is 7.11 Å². The molecule has 25 heavy (non-hydrogen) atoms. The van der Waals surface area contributed by atoms with Crippen LogP contribution in [-0.4, -0.2) is 44.7 Å². The van der Waals surface area contributed by atoms with Crippen molar-refractivity contribution in [3.63, 3.8) is 0 Å². The summed E-state index contributed by atoms with van der Waals surface area (Å²) in [7, 11) is 3.20. The largest absolute Gasteiger partial charge is 0.493 e. The van der Waals surface area contributed by atoms with E-state index in [2.05, 4.69) is 19.9 Å². The Morgan fingerprint density at radius 3 is 2.68 bits per heavy atom. The maximum atomic E-state index is 12.5. The molecule has 1 saturated carbocycles. The van der Waals surface area contributed by atoms with Crippen LogP contribution in [0.1, 0.15) is 31.2 Å². The van der Waals surface area contributed by atoms with Crippen LogP contribution in [0, 0.1) is 5.41 Å². The zero-order valence-corrected chi connectivity index (χ0v) is 14.7. The van der Waals surface area contributed by atoms with Gasteiger partial charge in [0, 0.05) is 26.7 Å². The van der Waals surface area contributed by atoms with Crippen molar-refractivity contribution < 1.29 is 18.3 Å². The highest BCUT2D eigenvalue weighted by atomic mass is 19.3. The van der Waals surface area contributed by atoms with Gasteiger partial charge in [0.2, 0.25) is 0 Å². The van der Waals surface area contributed by atoms with Crippen molar-refractivity contribution in [2.45, 2.75) is 38.8 Å². The smallest absolute Gasteiger partial charge is 0.387 e. The first-order valence-corrected chi connectivity index (χ1v) is 8.62. The first kappa shape index (κ1) is 17.8. The average molecular weight is 353 g/mol. The molecule has 0 atom stereocenters. The van der Waals surface area contributed by atoms with Crippen molar-refractivity contribution in [2.75, 3.05) is 27.2 Å². The minimum absolute atomic E-state index is 0.0429. The number of guanidine groups is 1. The lowest BCUT2D eigenvalue weighted by Crippen LogP contribution is -2.42. The van der Waals surface area contributed by atoms with Gasteiger partial charge in [-0.2, -0.15) is 8.78 Å². The first-order chi connectivity index (χ1) is 12.0. The first-order valence-electron chi connectivity index (χ1n) is 8.62. The molecule has 1 aromatic carbocycles. The van der Waals surface area contributed by atoms with E-state index < -0.39 is 6.61 Å². The van der Waals surface area contributed by atoms with Crippen LogP contribution in [0.15, 0.2) is 23.2 Å². The standard InChI is InChI=1S/C18H25F2N3O2/c1-21-17(23-9-8-18(12-23)6-3-7-18)22-11-13-4-5-14(24-2)15(10-13)25-16(19)20/h4-5,10,16H,3,6-9,11-12H2,1-2H3,(H,21,22). The summed E-state index contributed by atoms with van der Waals surface area (Å²) in [5.41, 5.74) is 1.32. The molecular weight excluding hydrogens is 328 g/mol. The molecule has 1 saturated heterocycles. The van der Waals surface area contributed by atoms with E-state index >= 15 is 0 Å². The summed E-state index contributed by atoms with van der Waals surface area (Å²) in [5.74, 6) is 1.19. The van der Waals surface area contributed by atoms with Crippen molar-refractivity contribution in [3.8, 4) is 11.5 Å². The summed E-state index contributed by atoms with van der Waals surface area (Å²) in [6.07, 6.45) is 5.18. The fourth-order valence-corrected chi connectivity index (χ4v) is 3.73. The minimum Gasteiger partial charge on any atom is -0.493 e. The van der Waals surface area contributed by atoms with Crippen molar-refractivity contribution in [2.24, 2.45) is 10.4 Å². The molecule has 5 nitrogen and oxygen atoms in total. The Kier molecular flexibility index (Phi) is 5.30. The van der Waals surface area contributed by atoms with Gasteiger partial charge < -0.3 is 19.7 Å². The molecule has 7 heteroatoms. The van der Waals surface area contributed by atoms with Gasteiger partial charge in [-0.05, 0) is 42.4 Å². The van der Waals surface area contributed by atoms with Gasteiger partial charge in [-0.1, -0.05) is 12.5 Å². The van der Waals surface area contributed by atoms with Gasteiger partial charge >= 0.3 is 6.61 Å². The van der Waals surface area contributed by atoms with E-state index in [0.29, 0.717) is 17.7 Å². The summed E-state index contributed by atoms with van der Waals surface area (Å²) in [5, 5.41) is 3.32. The van der Waals surface area contributed by atoms with Crippen molar-refractivity contribution in [3.05, 3.63) is 23.8 Å². The van der Waals surface area contributed by atoms with Crippen LogP contribution >= 0.6 is 0 Å². The Bertz CT molecular complexity index is 633. The van der Waals surface area contributed by atoms with E-state index in [1.54, 1.807) is 19.2 Å². The molecule has 1 aliphatic carbocycles. The van der Waals surface area contributed by atoms with Crippen LogP contribution in [0.4, 0.5) is 8.78 Å². The highest BCUT2D eigenvalue weighted by Crippen LogP contribution is 2.47. The van der Waals surface area contributed by atoms with E-state index in [1.165, 1.54) is 32.8 Å². The number of nitrogens with zero attached hydrogens (tertiary/aromatic N) is 2. The summed E-state index contributed by atoms with van der Waals surface area (Å²) in [6, 6.07) is 5.04. The molecule has 0 amide bonds. The number of nitrogens with one attached hydrogen (secondary N) is 1. The average Bonchev–Trinajstić information content (AvgIpc) is 3.01. The van der Waals surface area contributed by atoms with Gasteiger partial charge in [0.15, 0.2) is 17.5 Å². The third-order valence-corrected chi connectivity index (χ3v) is 5.26. The van der Waals surface area contributed by atoms with Gasteiger partial charge in [0.25, 0.3) is 0 Å². The summed E-state index contributed by atoms with van der Waals surface area (Å²) >= 11 is 0. The summed E-state index contributed by atoms with van der Waals surface area (Å²) in [4.78, 5) is 6.66. The number of benzene rings is 1. The molecule has 1 aliphatic heterocycles. The summed E-state index contributed by atoms with van der Waals surface area (Å²) < 4.78 is 34.7. The highest BCUT2D eigenvalue weighted by Gasteiger charge is 2.43. The highest BCUT2D eigenvalue weighted by molar-refractivity contribution is 5.80. The van der Waals surface area contributed by atoms with E-state index in [0.717, 1.165) is 24.6 Å². The fraction of sp³-hybridized carbons (Fsp3) is 0.611. The number of rotatable bonds is 5. The number of halogens is 2. The number of alkyl halides is 2. The number of hydrogen-bond donors (Lipinski definition) is 1. The third-order valence-electron chi connectivity index (χ3n) is 5.26. The maximum Gasteiger partial charge on any atom is 0.387 e. The normalized spacial score (nSPS) is 19.2. The Morgan fingerprint density at radius 1 is 1.32 bits per heavy atom. The monoisotopic (exact) mass is 353 g/mol. The second kappa shape index (κ2) is 7.45. The third kappa shape index (κ3) is 3.96. The van der Waals surface area contributed by atoms with Crippen LogP contribution in [0.5, 0.6) is 11.5 Å². The van der Waals surface area contributed by atoms with Crippen LogP contribution in [0.3, 0.4) is 0 Å². The SMILES string of the molecule is CN=C(NCc1ccc(OC)c(OC(F)F)c1)N1CCC2(CCC2)C1. The predicted molar refractivity (Wildman–Crippen MR) is 92.3 cm³/mol. The fourth-order valence-electron chi connectivity index (χ4n) is 3.73. The van der Waals surface area contributed by atoms with Crippen molar-refractivity contribution >= 4 is 5.96 Å². The van der Waals surface area contributed by atoms with Gasteiger partial charge in [-0.25, -0.2) is 0 Å². The lowest BCUT2D eigenvalue weighted by atomic mass is 9.68. The van der Waals surface area contributed by atoms with Gasteiger partial charge in [0.1, 0.15) is 0 Å².